The van der Waals surface area contributed by atoms with Crippen molar-refractivity contribution in [2.24, 2.45) is 5.92 Å². The van der Waals surface area contributed by atoms with E-state index in [0.29, 0.717) is 23.7 Å². The number of ether oxygens (including phenoxy) is 2. The lowest BCUT2D eigenvalue weighted by molar-refractivity contribution is -0.121. The van der Waals surface area contributed by atoms with Crippen molar-refractivity contribution in [1.82, 2.24) is 5.32 Å². The van der Waals surface area contributed by atoms with Crippen LogP contribution in [0.5, 0.6) is 11.5 Å². The number of carbonyl (C=O) groups is 2. The monoisotopic (exact) mass is 397 g/mol. The van der Waals surface area contributed by atoms with E-state index in [4.69, 9.17) is 9.47 Å². The Morgan fingerprint density at radius 3 is 2.52 bits per heavy atom. The van der Waals surface area contributed by atoms with E-state index in [0.717, 1.165) is 17.7 Å². The summed E-state index contributed by atoms with van der Waals surface area (Å²) in [6.07, 6.45) is 0.819. The maximum atomic E-state index is 13.2. The minimum atomic E-state index is -0.655. The van der Waals surface area contributed by atoms with Crippen molar-refractivity contribution in [3.63, 3.8) is 0 Å². The average molecular weight is 397 g/mol. The molecule has 3 amide bonds. The van der Waals surface area contributed by atoms with Gasteiger partial charge in [0.05, 0.1) is 19.9 Å². The second-order valence-electron chi connectivity index (χ2n) is 7.25. The lowest BCUT2D eigenvalue weighted by Crippen LogP contribution is -2.52. The quantitative estimate of drug-likeness (QED) is 0.783. The van der Waals surface area contributed by atoms with Crippen molar-refractivity contribution in [3.05, 3.63) is 48.0 Å². The number of nitrogens with zero attached hydrogens (tertiary/aromatic N) is 1. The summed E-state index contributed by atoms with van der Waals surface area (Å²) in [5.41, 5.74) is 2.53. The van der Waals surface area contributed by atoms with E-state index in [2.05, 4.69) is 10.6 Å². The number of rotatable bonds is 6. The van der Waals surface area contributed by atoms with Crippen LogP contribution in [0.4, 0.5) is 16.2 Å². The van der Waals surface area contributed by atoms with Crippen LogP contribution in [-0.4, -0.2) is 38.7 Å². The Hall–Kier alpha value is -3.22. The number of benzene rings is 2. The Balaban J connectivity index is 1.74. The lowest BCUT2D eigenvalue weighted by atomic mass is 10.0. The summed E-state index contributed by atoms with van der Waals surface area (Å²) in [5, 5.41) is 5.58. The smallest absolute Gasteiger partial charge is 0.320 e. The molecular formula is C22H27N3O4. The Bertz CT molecular complexity index is 897. The number of carbonyl (C=O) groups excluding carboxylic acids is 2. The topological polar surface area (TPSA) is 79.9 Å². The van der Waals surface area contributed by atoms with Gasteiger partial charge in [0.15, 0.2) is 0 Å². The third kappa shape index (κ3) is 4.45. The maximum Gasteiger partial charge on any atom is 0.320 e. The largest absolute Gasteiger partial charge is 0.497 e. The number of para-hydroxylation sites is 1. The molecule has 154 valence electrons. The molecular weight excluding hydrogens is 370 g/mol. The summed E-state index contributed by atoms with van der Waals surface area (Å²) >= 11 is 0. The summed E-state index contributed by atoms with van der Waals surface area (Å²) in [5.74, 6) is 0.902. The van der Waals surface area contributed by atoms with E-state index >= 15 is 0 Å². The molecule has 1 unspecified atom stereocenters. The van der Waals surface area contributed by atoms with E-state index in [1.165, 1.54) is 7.11 Å². The standard InChI is InChI=1S/C22H27N3O4/c1-14(2)20(21(26)25-12-11-15-7-5-6-8-18(15)25)24-22(27)23-17-13-16(28-3)9-10-19(17)29-4/h5-10,13-14,20H,11-12H2,1-4H3,(H2,23,24,27). The molecule has 0 spiro atoms. The van der Waals surface area contributed by atoms with Gasteiger partial charge in [0.1, 0.15) is 17.5 Å². The fraction of sp³-hybridized carbons (Fsp3) is 0.364. The van der Waals surface area contributed by atoms with Crippen LogP contribution in [0.2, 0.25) is 0 Å². The van der Waals surface area contributed by atoms with Gasteiger partial charge in [-0.2, -0.15) is 0 Å². The summed E-state index contributed by atoms with van der Waals surface area (Å²) in [6, 6.07) is 11.9. The number of nitrogens with one attached hydrogen (secondary N) is 2. The van der Waals surface area contributed by atoms with Crippen molar-refractivity contribution in [2.45, 2.75) is 26.3 Å². The highest BCUT2D eigenvalue weighted by molar-refractivity contribution is 6.02. The van der Waals surface area contributed by atoms with Gasteiger partial charge in [-0.05, 0) is 36.1 Å². The van der Waals surface area contributed by atoms with Crippen LogP contribution < -0.4 is 25.0 Å². The zero-order valence-electron chi connectivity index (χ0n) is 17.2. The fourth-order valence-corrected chi connectivity index (χ4v) is 3.46. The number of fused-ring (bicyclic) bond motifs is 1. The van der Waals surface area contributed by atoms with Crippen molar-refractivity contribution in [2.75, 3.05) is 31.0 Å². The SMILES string of the molecule is COc1ccc(OC)c(NC(=O)NC(C(=O)N2CCc3ccccc32)C(C)C)c1. The number of urea groups is 1. The van der Waals surface area contributed by atoms with Crippen molar-refractivity contribution in [3.8, 4) is 11.5 Å². The fourth-order valence-electron chi connectivity index (χ4n) is 3.46. The molecule has 0 fully saturated rings. The summed E-state index contributed by atoms with van der Waals surface area (Å²) in [6.45, 7) is 4.45. The van der Waals surface area contributed by atoms with Gasteiger partial charge in [0.25, 0.3) is 0 Å². The number of amides is 3. The molecule has 7 heteroatoms. The van der Waals surface area contributed by atoms with Gasteiger partial charge >= 0.3 is 6.03 Å². The lowest BCUT2D eigenvalue weighted by Gasteiger charge is -2.27. The zero-order valence-corrected chi connectivity index (χ0v) is 17.2. The van der Waals surface area contributed by atoms with E-state index < -0.39 is 12.1 Å². The summed E-state index contributed by atoms with van der Waals surface area (Å²) < 4.78 is 10.5. The van der Waals surface area contributed by atoms with Gasteiger partial charge in [-0.3, -0.25) is 4.79 Å². The predicted molar refractivity (Wildman–Crippen MR) is 113 cm³/mol. The van der Waals surface area contributed by atoms with Crippen LogP contribution >= 0.6 is 0 Å². The predicted octanol–water partition coefficient (Wildman–Crippen LogP) is 3.44. The molecule has 0 aliphatic carbocycles. The molecule has 1 atom stereocenters. The van der Waals surface area contributed by atoms with Crippen LogP contribution in [-0.2, 0) is 11.2 Å². The first kappa shape index (κ1) is 20.5. The normalized spacial score (nSPS) is 13.6. The van der Waals surface area contributed by atoms with Crippen LogP contribution in [0, 0.1) is 5.92 Å². The van der Waals surface area contributed by atoms with Gasteiger partial charge in [0.2, 0.25) is 5.91 Å². The summed E-state index contributed by atoms with van der Waals surface area (Å²) in [7, 11) is 3.07. The molecule has 2 N–H and O–H groups in total. The molecule has 1 aliphatic heterocycles. The van der Waals surface area contributed by atoms with Crippen molar-refractivity contribution >= 4 is 23.3 Å². The third-order valence-electron chi connectivity index (χ3n) is 5.03. The highest BCUT2D eigenvalue weighted by Crippen LogP contribution is 2.30. The maximum absolute atomic E-state index is 13.2. The molecule has 1 aliphatic rings. The molecule has 0 saturated heterocycles. The van der Waals surface area contributed by atoms with Gasteiger partial charge in [-0.25, -0.2) is 4.79 Å². The number of hydrogen-bond donors (Lipinski definition) is 2. The van der Waals surface area contributed by atoms with Gasteiger partial charge < -0.3 is 25.0 Å². The Kier molecular flexibility index (Phi) is 6.26. The van der Waals surface area contributed by atoms with E-state index in [9.17, 15) is 9.59 Å². The molecule has 29 heavy (non-hydrogen) atoms. The van der Waals surface area contributed by atoms with Crippen LogP contribution in [0.1, 0.15) is 19.4 Å². The molecule has 3 rings (SSSR count). The van der Waals surface area contributed by atoms with Crippen LogP contribution in [0.3, 0.4) is 0 Å². The Labute approximate surface area is 171 Å². The number of anilines is 2. The molecule has 2 aromatic rings. The first-order valence-corrected chi connectivity index (χ1v) is 9.63. The molecule has 0 saturated carbocycles. The van der Waals surface area contributed by atoms with E-state index in [-0.39, 0.29) is 11.8 Å². The molecule has 0 bridgehead atoms. The van der Waals surface area contributed by atoms with Crippen molar-refractivity contribution < 1.29 is 19.1 Å². The second kappa shape index (κ2) is 8.86. The zero-order chi connectivity index (χ0) is 21.0. The van der Waals surface area contributed by atoms with Crippen molar-refractivity contribution in [1.29, 1.82) is 0 Å². The second-order valence-corrected chi connectivity index (χ2v) is 7.25. The van der Waals surface area contributed by atoms with Crippen LogP contribution in [0.25, 0.3) is 0 Å². The number of methoxy groups -OCH3 is 2. The molecule has 0 aromatic heterocycles. The van der Waals surface area contributed by atoms with Gasteiger partial charge in [-0.1, -0.05) is 32.0 Å². The first-order chi connectivity index (χ1) is 13.9. The minimum Gasteiger partial charge on any atom is -0.497 e. The Morgan fingerprint density at radius 1 is 1.07 bits per heavy atom. The Morgan fingerprint density at radius 2 is 1.83 bits per heavy atom. The van der Waals surface area contributed by atoms with Gasteiger partial charge in [-0.15, -0.1) is 0 Å². The third-order valence-corrected chi connectivity index (χ3v) is 5.03. The molecule has 7 nitrogen and oxygen atoms in total. The van der Waals surface area contributed by atoms with E-state index in [1.54, 1.807) is 30.2 Å². The minimum absolute atomic E-state index is 0.0757. The molecule has 2 aromatic carbocycles. The first-order valence-electron chi connectivity index (χ1n) is 9.63. The number of hydrogen-bond acceptors (Lipinski definition) is 4. The molecule has 0 radical (unpaired) electrons. The highest BCUT2D eigenvalue weighted by Gasteiger charge is 2.32. The van der Waals surface area contributed by atoms with E-state index in [1.807, 2.05) is 38.1 Å². The molecule has 1 heterocycles. The average Bonchev–Trinajstić information content (AvgIpc) is 3.15. The highest BCUT2D eigenvalue weighted by atomic mass is 16.5. The van der Waals surface area contributed by atoms with Gasteiger partial charge in [0, 0.05) is 18.3 Å². The summed E-state index contributed by atoms with van der Waals surface area (Å²) in [4.78, 5) is 27.6. The van der Waals surface area contributed by atoms with Crippen LogP contribution in [0.15, 0.2) is 42.5 Å².